The second kappa shape index (κ2) is 7.02. The van der Waals surface area contributed by atoms with Gasteiger partial charge in [-0.2, -0.15) is 13.2 Å². The maximum Gasteiger partial charge on any atom is 0.417 e. The minimum Gasteiger partial charge on any atom is -0.487 e. The fourth-order valence-electron chi connectivity index (χ4n) is 3.05. The van der Waals surface area contributed by atoms with Gasteiger partial charge in [0.2, 0.25) is 5.91 Å². The van der Waals surface area contributed by atoms with Crippen LogP contribution in [0.3, 0.4) is 0 Å². The van der Waals surface area contributed by atoms with Gasteiger partial charge in [0.1, 0.15) is 11.9 Å². The topological polar surface area (TPSA) is 38.3 Å². The van der Waals surface area contributed by atoms with E-state index in [-0.39, 0.29) is 23.5 Å². The molecular formula is C20H20F3NO2. The van der Waals surface area contributed by atoms with Crippen molar-refractivity contribution in [3.63, 3.8) is 0 Å². The molecular weight excluding hydrogens is 343 g/mol. The Morgan fingerprint density at radius 2 is 1.85 bits per heavy atom. The molecule has 26 heavy (non-hydrogen) atoms. The van der Waals surface area contributed by atoms with E-state index in [1.165, 1.54) is 12.1 Å². The van der Waals surface area contributed by atoms with E-state index in [0.717, 1.165) is 11.6 Å². The number of benzene rings is 2. The Hall–Kier alpha value is -2.50. The number of para-hydroxylation sites is 1. The molecule has 0 saturated heterocycles. The predicted octanol–water partition coefficient (Wildman–Crippen LogP) is 4.45. The van der Waals surface area contributed by atoms with Gasteiger partial charge in [0.25, 0.3) is 0 Å². The van der Waals surface area contributed by atoms with Gasteiger partial charge in [-0.05, 0) is 17.2 Å². The summed E-state index contributed by atoms with van der Waals surface area (Å²) in [6.45, 7) is 3.92. The molecule has 3 rings (SSSR count). The minimum atomic E-state index is -4.44. The van der Waals surface area contributed by atoms with Crippen LogP contribution < -0.4 is 10.1 Å². The van der Waals surface area contributed by atoms with E-state index in [1.807, 2.05) is 6.07 Å². The van der Waals surface area contributed by atoms with Crippen LogP contribution in [0.5, 0.6) is 5.75 Å². The molecule has 3 nitrogen and oxygen atoms in total. The minimum absolute atomic E-state index is 0.0767. The molecule has 0 radical (unpaired) electrons. The predicted molar refractivity (Wildman–Crippen MR) is 92.8 cm³/mol. The standard InChI is InChI=1S/C20H20F3NO2/c1-12(2)19(25)24-11-14-10-13-6-5-8-16(18(13)26-14)15-7-3-4-9-17(15)20(21,22)23/h3-9,12,14H,10-11H2,1-2H3,(H,24,25). The number of carbonyl (C=O) groups is 1. The Kier molecular flexibility index (Phi) is 4.94. The molecule has 1 heterocycles. The first-order valence-corrected chi connectivity index (χ1v) is 8.50. The zero-order valence-electron chi connectivity index (χ0n) is 14.6. The van der Waals surface area contributed by atoms with E-state index in [4.69, 9.17) is 4.74 Å². The number of halogens is 3. The van der Waals surface area contributed by atoms with Crippen molar-refractivity contribution < 1.29 is 22.7 Å². The number of nitrogens with one attached hydrogen (secondary N) is 1. The smallest absolute Gasteiger partial charge is 0.417 e. The van der Waals surface area contributed by atoms with Gasteiger partial charge >= 0.3 is 6.18 Å². The summed E-state index contributed by atoms with van der Waals surface area (Å²) in [5, 5.41) is 2.81. The highest BCUT2D eigenvalue weighted by molar-refractivity contribution is 5.78. The summed E-state index contributed by atoms with van der Waals surface area (Å²) in [6.07, 6.45) is -4.18. The van der Waals surface area contributed by atoms with E-state index in [9.17, 15) is 18.0 Å². The van der Waals surface area contributed by atoms with Crippen molar-refractivity contribution in [1.82, 2.24) is 5.32 Å². The highest BCUT2D eigenvalue weighted by atomic mass is 19.4. The number of ether oxygens (including phenoxy) is 1. The molecule has 2 aromatic carbocycles. The van der Waals surface area contributed by atoms with Crippen molar-refractivity contribution in [2.24, 2.45) is 5.92 Å². The van der Waals surface area contributed by atoms with Gasteiger partial charge in [-0.25, -0.2) is 0 Å². The number of hydrogen-bond acceptors (Lipinski definition) is 2. The van der Waals surface area contributed by atoms with E-state index in [1.54, 1.807) is 32.0 Å². The van der Waals surface area contributed by atoms with Gasteiger partial charge in [-0.15, -0.1) is 0 Å². The average molecular weight is 363 g/mol. The lowest BCUT2D eigenvalue weighted by atomic mass is 9.96. The maximum absolute atomic E-state index is 13.4. The highest BCUT2D eigenvalue weighted by Gasteiger charge is 2.35. The summed E-state index contributed by atoms with van der Waals surface area (Å²) in [5.41, 5.74) is 0.689. The third-order valence-corrected chi connectivity index (χ3v) is 4.38. The maximum atomic E-state index is 13.4. The number of carbonyl (C=O) groups excluding carboxylic acids is 1. The number of rotatable bonds is 4. The molecule has 0 fully saturated rings. The van der Waals surface area contributed by atoms with Gasteiger partial charge in [-0.3, -0.25) is 4.79 Å². The van der Waals surface area contributed by atoms with Crippen LogP contribution in [0, 0.1) is 5.92 Å². The van der Waals surface area contributed by atoms with Crippen molar-refractivity contribution >= 4 is 5.91 Å². The van der Waals surface area contributed by atoms with Crippen molar-refractivity contribution in [2.75, 3.05) is 6.54 Å². The lowest BCUT2D eigenvalue weighted by Gasteiger charge is -2.17. The molecule has 2 aromatic rings. The van der Waals surface area contributed by atoms with Gasteiger partial charge in [-0.1, -0.05) is 50.2 Å². The monoisotopic (exact) mass is 363 g/mol. The first-order chi connectivity index (χ1) is 12.3. The van der Waals surface area contributed by atoms with Crippen LogP contribution in [-0.2, 0) is 17.4 Å². The molecule has 138 valence electrons. The van der Waals surface area contributed by atoms with Crippen LogP contribution in [-0.4, -0.2) is 18.6 Å². The van der Waals surface area contributed by atoms with Gasteiger partial charge in [0.05, 0.1) is 12.1 Å². The Balaban J connectivity index is 1.88. The second-order valence-electron chi connectivity index (χ2n) is 6.68. The second-order valence-corrected chi connectivity index (χ2v) is 6.68. The highest BCUT2D eigenvalue weighted by Crippen LogP contribution is 2.43. The van der Waals surface area contributed by atoms with Crippen molar-refractivity contribution in [1.29, 1.82) is 0 Å². The number of fused-ring (bicyclic) bond motifs is 1. The van der Waals surface area contributed by atoms with Gasteiger partial charge < -0.3 is 10.1 Å². The molecule has 1 unspecified atom stereocenters. The SMILES string of the molecule is CC(C)C(=O)NCC1Cc2cccc(-c3ccccc3C(F)(F)F)c2O1. The summed E-state index contributed by atoms with van der Waals surface area (Å²) < 4.78 is 46.0. The first kappa shape index (κ1) is 18.3. The zero-order valence-corrected chi connectivity index (χ0v) is 14.6. The van der Waals surface area contributed by atoms with Crippen LogP contribution in [0.2, 0.25) is 0 Å². The molecule has 0 aromatic heterocycles. The Morgan fingerprint density at radius 1 is 1.15 bits per heavy atom. The molecule has 0 spiro atoms. The lowest BCUT2D eigenvalue weighted by Crippen LogP contribution is -2.36. The normalized spacial score (nSPS) is 16.3. The third kappa shape index (κ3) is 3.69. The van der Waals surface area contributed by atoms with Crippen LogP contribution in [0.1, 0.15) is 25.0 Å². The first-order valence-electron chi connectivity index (χ1n) is 8.50. The summed E-state index contributed by atoms with van der Waals surface area (Å²) in [4.78, 5) is 11.7. The summed E-state index contributed by atoms with van der Waals surface area (Å²) in [7, 11) is 0. The van der Waals surface area contributed by atoms with Crippen molar-refractivity contribution in [3.8, 4) is 16.9 Å². The van der Waals surface area contributed by atoms with Crippen molar-refractivity contribution in [3.05, 3.63) is 53.6 Å². The summed E-state index contributed by atoms with van der Waals surface area (Å²) >= 11 is 0. The van der Waals surface area contributed by atoms with Crippen LogP contribution in [0.4, 0.5) is 13.2 Å². The molecule has 1 N–H and O–H groups in total. The van der Waals surface area contributed by atoms with Crippen LogP contribution in [0.25, 0.3) is 11.1 Å². The van der Waals surface area contributed by atoms with E-state index in [2.05, 4.69) is 5.32 Å². The van der Waals surface area contributed by atoms with Crippen LogP contribution in [0.15, 0.2) is 42.5 Å². The number of alkyl halides is 3. The fraction of sp³-hybridized carbons (Fsp3) is 0.350. The summed E-state index contributed by atoms with van der Waals surface area (Å²) in [6, 6.07) is 10.7. The van der Waals surface area contributed by atoms with Gasteiger partial charge in [0, 0.05) is 17.9 Å². The fourth-order valence-corrected chi connectivity index (χ4v) is 3.05. The van der Waals surface area contributed by atoms with E-state index < -0.39 is 11.7 Å². The molecule has 0 bridgehead atoms. The Bertz CT molecular complexity index is 815. The molecule has 1 atom stereocenters. The van der Waals surface area contributed by atoms with Gasteiger partial charge in [0.15, 0.2) is 0 Å². The summed E-state index contributed by atoms with van der Waals surface area (Å²) in [5.74, 6) is 0.258. The molecule has 0 aliphatic carbocycles. The molecule has 1 aliphatic heterocycles. The Morgan fingerprint density at radius 3 is 2.54 bits per heavy atom. The largest absolute Gasteiger partial charge is 0.487 e. The molecule has 1 amide bonds. The number of amides is 1. The van der Waals surface area contributed by atoms with E-state index in [0.29, 0.717) is 24.3 Å². The molecule has 6 heteroatoms. The van der Waals surface area contributed by atoms with E-state index >= 15 is 0 Å². The zero-order chi connectivity index (χ0) is 18.9. The van der Waals surface area contributed by atoms with Crippen LogP contribution >= 0.6 is 0 Å². The lowest BCUT2D eigenvalue weighted by molar-refractivity contribution is -0.137. The Labute approximate surface area is 150 Å². The van der Waals surface area contributed by atoms with Crippen molar-refractivity contribution in [2.45, 2.75) is 32.5 Å². The quantitative estimate of drug-likeness (QED) is 0.872. The third-order valence-electron chi connectivity index (χ3n) is 4.38. The number of hydrogen-bond donors (Lipinski definition) is 1. The average Bonchev–Trinajstić information content (AvgIpc) is 3.01. The molecule has 1 aliphatic rings. The molecule has 0 saturated carbocycles.